The summed E-state index contributed by atoms with van der Waals surface area (Å²) in [5.74, 6) is -0.536. The minimum absolute atomic E-state index is 0.0769. The third-order valence-electron chi connectivity index (χ3n) is 2.77. The van der Waals surface area contributed by atoms with E-state index in [-0.39, 0.29) is 5.69 Å². The van der Waals surface area contributed by atoms with Crippen LogP contribution in [0.2, 0.25) is 0 Å². The van der Waals surface area contributed by atoms with Crippen molar-refractivity contribution >= 4 is 11.6 Å². The average Bonchev–Trinajstić information content (AvgIpc) is 2.32. The van der Waals surface area contributed by atoms with Crippen LogP contribution < -0.4 is 16.6 Å². The number of aryl methyl sites for hydroxylation is 2. The summed E-state index contributed by atoms with van der Waals surface area (Å²) in [5, 5.41) is 2.62. The zero-order valence-electron chi connectivity index (χ0n) is 10.5. The van der Waals surface area contributed by atoms with E-state index in [0.29, 0.717) is 5.69 Å². The molecule has 98 valence electrons. The van der Waals surface area contributed by atoms with Gasteiger partial charge in [-0.25, -0.2) is 4.79 Å². The second-order valence-corrected chi connectivity index (χ2v) is 4.25. The van der Waals surface area contributed by atoms with Crippen LogP contribution in [0.5, 0.6) is 0 Å². The van der Waals surface area contributed by atoms with Crippen molar-refractivity contribution < 1.29 is 4.79 Å². The van der Waals surface area contributed by atoms with E-state index < -0.39 is 17.2 Å². The Labute approximate surface area is 108 Å². The molecular weight excluding hydrogens is 246 g/mol. The van der Waals surface area contributed by atoms with Crippen LogP contribution in [0.25, 0.3) is 0 Å². The van der Waals surface area contributed by atoms with E-state index in [1.807, 2.05) is 31.0 Å². The third kappa shape index (κ3) is 2.98. The molecule has 0 bridgehead atoms. The number of anilines is 1. The van der Waals surface area contributed by atoms with Crippen LogP contribution in [0.4, 0.5) is 5.69 Å². The second-order valence-electron chi connectivity index (χ2n) is 4.25. The summed E-state index contributed by atoms with van der Waals surface area (Å²) in [6.07, 6.45) is 0. The lowest BCUT2D eigenvalue weighted by atomic mass is 10.1. The molecule has 0 unspecified atom stereocenters. The van der Waals surface area contributed by atoms with Gasteiger partial charge in [0, 0.05) is 11.8 Å². The molecule has 1 heterocycles. The van der Waals surface area contributed by atoms with Gasteiger partial charge in [-0.15, -0.1) is 0 Å². The fraction of sp³-hybridized carbons (Fsp3) is 0.154. The summed E-state index contributed by atoms with van der Waals surface area (Å²) in [6.45, 7) is 3.90. The van der Waals surface area contributed by atoms with Gasteiger partial charge in [0.15, 0.2) is 0 Å². The van der Waals surface area contributed by atoms with E-state index in [1.165, 1.54) is 0 Å². The highest BCUT2D eigenvalue weighted by atomic mass is 16.2. The predicted octanol–water partition coefficient (Wildman–Crippen LogP) is 0.932. The molecule has 0 fully saturated rings. The molecule has 1 aromatic carbocycles. The number of carbonyl (C=O) groups is 1. The molecule has 0 aliphatic rings. The number of rotatable bonds is 2. The summed E-state index contributed by atoms with van der Waals surface area (Å²) in [7, 11) is 0. The van der Waals surface area contributed by atoms with Crippen LogP contribution in [-0.2, 0) is 0 Å². The molecule has 1 aromatic heterocycles. The molecule has 0 aliphatic heterocycles. The smallest absolute Gasteiger partial charge is 0.321 e. The maximum atomic E-state index is 11.9. The first-order chi connectivity index (χ1) is 8.95. The Morgan fingerprint density at radius 1 is 1.05 bits per heavy atom. The fourth-order valence-electron chi connectivity index (χ4n) is 1.61. The molecule has 0 spiro atoms. The van der Waals surface area contributed by atoms with Crippen molar-refractivity contribution in [3.8, 4) is 0 Å². The summed E-state index contributed by atoms with van der Waals surface area (Å²) < 4.78 is 0. The van der Waals surface area contributed by atoms with Gasteiger partial charge in [-0.2, -0.15) is 0 Å². The van der Waals surface area contributed by atoms with Crippen LogP contribution in [0, 0.1) is 13.8 Å². The molecule has 0 radical (unpaired) electrons. The van der Waals surface area contributed by atoms with Gasteiger partial charge in [0.25, 0.3) is 11.5 Å². The van der Waals surface area contributed by atoms with Crippen LogP contribution in [0.15, 0.2) is 33.9 Å². The summed E-state index contributed by atoms with van der Waals surface area (Å²) in [5.41, 5.74) is 1.35. The molecule has 6 nitrogen and oxygen atoms in total. The zero-order valence-corrected chi connectivity index (χ0v) is 10.5. The molecule has 2 aromatic rings. The van der Waals surface area contributed by atoms with Crippen LogP contribution in [0.3, 0.4) is 0 Å². The standard InChI is InChI=1S/C13H13N3O3/c1-7-3-4-9(5-8(7)2)14-12(18)10-6-11(17)16-13(19)15-10/h3-6H,1-2H3,(H,14,18)(H2,15,16,17,19). The fourth-order valence-corrected chi connectivity index (χ4v) is 1.61. The molecule has 0 saturated carbocycles. The van der Waals surface area contributed by atoms with Crippen molar-refractivity contribution in [2.45, 2.75) is 13.8 Å². The highest BCUT2D eigenvalue weighted by Gasteiger charge is 2.08. The number of nitrogens with one attached hydrogen (secondary N) is 3. The van der Waals surface area contributed by atoms with Crippen molar-refractivity contribution in [3.63, 3.8) is 0 Å². The van der Waals surface area contributed by atoms with Crippen LogP contribution in [0.1, 0.15) is 21.6 Å². The van der Waals surface area contributed by atoms with Gasteiger partial charge >= 0.3 is 5.69 Å². The van der Waals surface area contributed by atoms with Crippen molar-refractivity contribution in [1.29, 1.82) is 0 Å². The predicted molar refractivity (Wildman–Crippen MR) is 71.6 cm³/mol. The Balaban J connectivity index is 2.27. The van der Waals surface area contributed by atoms with E-state index in [9.17, 15) is 14.4 Å². The lowest BCUT2D eigenvalue weighted by Crippen LogP contribution is -2.27. The molecule has 3 N–H and O–H groups in total. The lowest BCUT2D eigenvalue weighted by Gasteiger charge is -2.07. The monoisotopic (exact) mass is 259 g/mol. The largest absolute Gasteiger partial charge is 0.326 e. The number of aromatic amines is 2. The van der Waals surface area contributed by atoms with Gasteiger partial charge in [0.2, 0.25) is 0 Å². The second kappa shape index (κ2) is 4.93. The molecule has 1 amide bonds. The van der Waals surface area contributed by atoms with Crippen LogP contribution >= 0.6 is 0 Å². The highest BCUT2D eigenvalue weighted by molar-refractivity contribution is 6.02. The quantitative estimate of drug-likeness (QED) is 0.748. The summed E-state index contributed by atoms with van der Waals surface area (Å²) in [6, 6.07) is 6.49. The number of carbonyl (C=O) groups excluding carboxylic acids is 1. The molecule has 0 aliphatic carbocycles. The summed E-state index contributed by atoms with van der Waals surface area (Å²) in [4.78, 5) is 38.3. The number of amides is 1. The van der Waals surface area contributed by atoms with Gasteiger partial charge in [-0.05, 0) is 37.1 Å². The lowest BCUT2D eigenvalue weighted by molar-refractivity contribution is 0.102. The van der Waals surface area contributed by atoms with E-state index in [0.717, 1.165) is 17.2 Å². The van der Waals surface area contributed by atoms with Gasteiger partial charge in [-0.1, -0.05) is 6.07 Å². The molecule has 19 heavy (non-hydrogen) atoms. The number of aromatic nitrogens is 2. The molecule has 0 atom stereocenters. The molecule has 6 heteroatoms. The normalized spacial score (nSPS) is 10.2. The molecule has 0 saturated heterocycles. The van der Waals surface area contributed by atoms with Gasteiger partial charge in [0.1, 0.15) is 5.69 Å². The minimum atomic E-state index is -0.710. The van der Waals surface area contributed by atoms with Gasteiger partial charge in [0.05, 0.1) is 0 Å². The first-order valence-electron chi connectivity index (χ1n) is 5.68. The van der Waals surface area contributed by atoms with Crippen molar-refractivity contribution in [2.75, 3.05) is 5.32 Å². The van der Waals surface area contributed by atoms with Crippen LogP contribution in [-0.4, -0.2) is 15.9 Å². The van der Waals surface area contributed by atoms with E-state index in [2.05, 4.69) is 10.3 Å². The Bertz CT molecular complexity index is 715. The Hall–Kier alpha value is -2.63. The maximum Gasteiger partial charge on any atom is 0.326 e. The topological polar surface area (TPSA) is 94.8 Å². The maximum absolute atomic E-state index is 11.9. The van der Waals surface area contributed by atoms with Gasteiger partial charge in [-0.3, -0.25) is 14.6 Å². The first-order valence-corrected chi connectivity index (χ1v) is 5.68. The SMILES string of the molecule is Cc1ccc(NC(=O)c2cc(=O)[nH]c(=O)[nH]2)cc1C. The Morgan fingerprint density at radius 3 is 2.42 bits per heavy atom. The average molecular weight is 259 g/mol. The highest BCUT2D eigenvalue weighted by Crippen LogP contribution is 2.14. The Morgan fingerprint density at radius 2 is 1.79 bits per heavy atom. The molecule has 2 rings (SSSR count). The first kappa shape index (κ1) is 12.8. The third-order valence-corrected chi connectivity index (χ3v) is 2.77. The van der Waals surface area contributed by atoms with Gasteiger partial charge < -0.3 is 10.3 Å². The van der Waals surface area contributed by atoms with Crippen molar-refractivity contribution in [3.05, 3.63) is 61.9 Å². The van der Waals surface area contributed by atoms with E-state index >= 15 is 0 Å². The van der Waals surface area contributed by atoms with E-state index in [4.69, 9.17) is 0 Å². The number of hydrogen-bond acceptors (Lipinski definition) is 3. The van der Waals surface area contributed by atoms with Crippen molar-refractivity contribution in [1.82, 2.24) is 9.97 Å². The number of benzene rings is 1. The van der Waals surface area contributed by atoms with E-state index in [1.54, 1.807) is 6.07 Å². The minimum Gasteiger partial charge on any atom is -0.321 e. The Kier molecular flexibility index (Phi) is 3.33. The zero-order chi connectivity index (χ0) is 14.0. The summed E-state index contributed by atoms with van der Waals surface area (Å²) >= 11 is 0. The molecular formula is C13H13N3O3. The number of H-pyrrole nitrogens is 2. The number of hydrogen-bond donors (Lipinski definition) is 3. The van der Waals surface area contributed by atoms with Crippen molar-refractivity contribution in [2.24, 2.45) is 0 Å².